The average Bonchev–Trinajstić information content (AvgIpc) is 3.43. The maximum atomic E-state index is 16.3. The van der Waals surface area contributed by atoms with Gasteiger partial charge < -0.3 is 15.4 Å². The van der Waals surface area contributed by atoms with E-state index in [0.717, 1.165) is 36.2 Å². The van der Waals surface area contributed by atoms with Gasteiger partial charge in [0.2, 0.25) is 5.95 Å². The SMILES string of the molecule is CC1CCC12CN(c1ncc3c4c(c(-c5ncc(F)c6sc(N)c(C#N)c56)c(F)c3n1)COC4)C2. The number of anilines is 2. The summed E-state index contributed by atoms with van der Waals surface area (Å²) in [6, 6.07) is 2.03. The van der Waals surface area contributed by atoms with Crippen LogP contribution in [0.5, 0.6) is 0 Å². The van der Waals surface area contributed by atoms with Gasteiger partial charge in [0.1, 0.15) is 16.6 Å². The molecule has 4 aromatic rings. The number of rotatable bonds is 2. The predicted molar refractivity (Wildman–Crippen MR) is 129 cm³/mol. The Kier molecular flexibility index (Phi) is 4.22. The molecule has 5 heterocycles. The van der Waals surface area contributed by atoms with Crippen LogP contribution in [0.3, 0.4) is 0 Å². The number of halogens is 2. The molecule has 1 unspecified atom stereocenters. The van der Waals surface area contributed by atoms with E-state index < -0.39 is 11.6 Å². The third-order valence-corrected chi connectivity index (χ3v) is 9.17. The lowest BCUT2D eigenvalue weighted by Gasteiger charge is -2.60. The van der Waals surface area contributed by atoms with Crippen LogP contribution < -0.4 is 10.6 Å². The second-order valence-electron chi connectivity index (χ2n) is 9.84. The molecule has 2 fully saturated rings. The molecule has 1 aromatic carbocycles. The molecule has 1 saturated carbocycles. The van der Waals surface area contributed by atoms with E-state index in [1.165, 1.54) is 12.8 Å². The van der Waals surface area contributed by atoms with Gasteiger partial charge >= 0.3 is 0 Å². The molecule has 1 atom stereocenters. The normalized spacial score (nSPS) is 20.2. The van der Waals surface area contributed by atoms with Gasteiger partial charge in [-0.2, -0.15) is 5.26 Å². The summed E-state index contributed by atoms with van der Waals surface area (Å²) in [5.41, 5.74) is 8.38. The second kappa shape index (κ2) is 7.06. The average molecular weight is 491 g/mol. The molecule has 0 radical (unpaired) electrons. The van der Waals surface area contributed by atoms with E-state index in [0.29, 0.717) is 28.2 Å². The fraction of sp³-hybridized carbons (Fsp3) is 0.360. The lowest BCUT2D eigenvalue weighted by Crippen LogP contribution is -2.64. The highest BCUT2D eigenvalue weighted by atomic mass is 32.1. The van der Waals surface area contributed by atoms with Crippen molar-refractivity contribution in [3.63, 3.8) is 0 Å². The van der Waals surface area contributed by atoms with E-state index in [4.69, 9.17) is 10.5 Å². The second-order valence-corrected chi connectivity index (χ2v) is 10.9. The minimum atomic E-state index is -0.599. The first-order valence-corrected chi connectivity index (χ1v) is 12.3. The van der Waals surface area contributed by atoms with Gasteiger partial charge in [0, 0.05) is 41.0 Å². The van der Waals surface area contributed by atoms with Crippen molar-refractivity contribution in [3.05, 3.63) is 40.7 Å². The Morgan fingerprint density at radius 3 is 2.74 bits per heavy atom. The van der Waals surface area contributed by atoms with Crippen LogP contribution in [0.4, 0.5) is 19.7 Å². The molecular formula is C25H20F2N6OS. The van der Waals surface area contributed by atoms with Crippen LogP contribution in [0.2, 0.25) is 0 Å². The number of nitriles is 1. The first kappa shape index (κ1) is 20.9. The Morgan fingerprint density at radius 2 is 2.03 bits per heavy atom. The van der Waals surface area contributed by atoms with Crippen LogP contribution in [-0.4, -0.2) is 28.0 Å². The summed E-state index contributed by atoms with van der Waals surface area (Å²) in [5.74, 6) is 0.00903. The van der Waals surface area contributed by atoms with E-state index in [2.05, 4.69) is 26.8 Å². The third kappa shape index (κ3) is 2.68. The summed E-state index contributed by atoms with van der Waals surface area (Å²) in [5, 5.41) is 10.7. The lowest BCUT2D eigenvalue weighted by molar-refractivity contribution is 0.0109. The van der Waals surface area contributed by atoms with Gasteiger partial charge in [-0.05, 0) is 29.9 Å². The van der Waals surface area contributed by atoms with Gasteiger partial charge in [-0.1, -0.05) is 6.92 Å². The van der Waals surface area contributed by atoms with Crippen molar-refractivity contribution >= 4 is 43.3 Å². The summed E-state index contributed by atoms with van der Waals surface area (Å²) in [4.78, 5) is 15.6. The minimum absolute atomic E-state index is 0.100. The number of thiophene rings is 1. The number of ether oxygens (including phenoxy) is 1. The molecule has 1 aliphatic carbocycles. The standard InChI is InChI=1S/C25H20F2N6OS/c1-11-2-3-25(11)9-33(10-25)24-31-5-13-14-7-34-8-15(14)17(19(27)20(13)32-24)21-18-12(4-28)23(29)35-22(18)16(26)6-30-21/h5-6,11H,2-3,7-10,29H2,1H3. The minimum Gasteiger partial charge on any atom is -0.389 e. The zero-order chi connectivity index (χ0) is 24.1. The quantitative estimate of drug-likeness (QED) is 0.426. The number of hydrogen-bond donors (Lipinski definition) is 1. The fourth-order valence-corrected chi connectivity index (χ4v) is 6.78. The molecule has 3 aliphatic rings. The van der Waals surface area contributed by atoms with E-state index in [1.54, 1.807) is 6.20 Å². The molecule has 0 amide bonds. The fourth-order valence-electron chi connectivity index (χ4n) is 5.86. The maximum absolute atomic E-state index is 16.3. The monoisotopic (exact) mass is 490 g/mol. The Hall–Kier alpha value is -3.42. The van der Waals surface area contributed by atoms with Gasteiger partial charge in [0.25, 0.3) is 0 Å². The molecule has 7 rings (SSSR count). The van der Waals surface area contributed by atoms with Gasteiger partial charge in [0.05, 0.1) is 35.4 Å². The molecule has 7 nitrogen and oxygen atoms in total. The van der Waals surface area contributed by atoms with Crippen LogP contribution in [0.15, 0.2) is 12.4 Å². The number of fused-ring (bicyclic) bond motifs is 4. The van der Waals surface area contributed by atoms with E-state index in [-0.39, 0.29) is 50.6 Å². The van der Waals surface area contributed by atoms with Crippen molar-refractivity contribution < 1.29 is 13.5 Å². The highest BCUT2D eigenvalue weighted by Gasteiger charge is 2.53. The summed E-state index contributed by atoms with van der Waals surface area (Å²) in [6.07, 6.45) is 5.17. The number of nitrogens with zero attached hydrogens (tertiary/aromatic N) is 5. The van der Waals surface area contributed by atoms with Crippen LogP contribution in [-0.2, 0) is 18.0 Å². The highest BCUT2D eigenvalue weighted by molar-refractivity contribution is 7.23. The zero-order valence-corrected chi connectivity index (χ0v) is 19.7. The largest absolute Gasteiger partial charge is 0.389 e. The molecule has 176 valence electrons. The highest BCUT2D eigenvalue weighted by Crippen LogP contribution is 2.53. The van der Waals surface area contributed by atoms with E-state index in [1.807, 2.05) is 6.07 Å². The maximum Gasteiger partial charge on any atom is 0.226 e. The van der Waals surface area contributed by atoms with Crippen molar-refractivity contribution in [1.82, 2.24) is 15.0 Å². The van der Waals surface area contributed by atoms with Crippen LogP contribution in [0.25, 0.3) is 32.2 Å². The molecule has 3 aromatic heterocycles. The first-order valence-electron chi connectivity index (χ1n) is 11.5. The van der Waals surface area contributed by atoms with Crippen molar-refractivity contribution in [2.45, 2.75) is 33.0 Å². The van der Waals surface area contributed by atoms with Gasteiger partial charge in [0.15, 0.2) is 11.6 Å². The Balaban J connectivity index is 1.45. The van der Waals surface area contributed by atoms with E-state index in [9.17, 15) is 9.65 Å². The van der Waals surface area contributed by atoms with Crippen LogP contribution >= 0.6 is 11.3 Å². The number of hydrogen-bond acceptors (Lipinski definition) is 8. The smallest absolute Gasteiger partial charge is 0.226 e. The Morgan fingerprint density at radius 1 is 1.23 bits per heavy atom. The summed E-state index contributed by atoms with van der Waals surface area (Å²) in [6.45, 7) is 4.49. The molecule has 2 N–H and O–H groups in total. The molecule has 0 bridgehead atoms. The van der Waals surface area contributed by atoms with Crippen molar-refractivity contribution in [3.8, 4) is 17.3 Å². The van der Waals surface area contributed by atoms with Crippen molar-refractivity contribution in [2.24, 2.45) is 11.3 Å². The molecule has 1 saturated heterocycles. The predicted octanol–water partition coefficient (Wildman–Crippen LogP) is 4.91. The number of aromatic nitrogens is 3. The summed E-state index contributed by atoms with van der Waals surface area (Å²) < 4.78 is 36.8. The Labute approximate surface area is 203 Å². The lowest BCUT2D eigenvalue weighted by atomic mass is 9.56. The molecule has 1 spiro atoms. The van der Waals surface area contributed by atoms with E-state index >= 15 is 4.39 Å². The molecule has 10 heteroatoms. The van der Waals surface area contributed by atoms with Crippen LogP contribution in [0.1, 0.15) is 36.5 Å². The number of nitrogen functional groups attached to an aromatic ring is 1. The molecule has 2 aliphatic heterocycles. The number of nitrogens with two attached hydrogens (primary N) is 1. The van der Waals surface area contributed by atoms with Gasteiger partial charge in [-0.15, -0.1) is 11.3 Å². The zero-order valence-electron chi connectivity index (χ0n) is 18.9. The summed E-state index contributed by atoms with van der Waals surface area (Å²) >= 11 is 0.960. The molecule has 35 heavy (non-hydrogen) atoms. The number of pyridine rings is 1. The van der Waals surface area contributed by atoms with Crippen LogP contribution in [0, 0.1) is 34.3 Å². The molecular weight excluding hydrogens is 470 g/mol. The topological polar surface area (TPSA) is 101 Å². The van der Waals surface area contributed by atoms with Crippen molar-refractivity contribution in [1.29, 1.82) is 5.26 Å². The summed E-state index contributed by atoms with van der Waals surface area (Å²) in [7, 11) is 0. The third-order valence-electron chi connectivity index (χ3n) is 8.15. The van der Waals surface area contributed by atoms with Gasteiger partial charge in [-0.25, -0.2) is 18.7 Å². The first-order chi connectivity index (χ1) is 16.9. The number of benzene rings is 1. The Bertz CT molecular complexity index is 1620. The van der Waals surface area contributed by atoms with Crippen molar-refractivity contribution in [2.75, 3.05) is 23.7 Å². The van der Waals surface area contributed by atoms with Gasteiger partial charge in [-0.3, -0.25) is 4.98 Å².